The number of urea groups is 1. The number of ether oxygens (including phenoxy) is 1. The number of nitrogens with zero attached hydrogens (tertiary/aromatic N) is 3. The van der Waals surface area contributed by atoms with E-state index in [4.69, 9.17) is 4.74 Å². The lowest BCUT2D eigenvalue weighted by molar-refractivity contribution is 0.0255. The highest BCUT2D eigenvalue weighted by Gasteiger charge is 2.37. The van der Waals surface area contributed by atoms with Gasteiger partial charge < -0.3 is 19.9 Å². The molecule has 1 N–H and O–H groups in total. The van der Waals surface area contributed by atoms with Crippen LogP contribution in [-0.4, -0.2) is 52.1 Å². The summed E-state index contributed by atoms with van der Waals surface area (Å²) in [7, 11) is 0. The van der Waals surface area contributed by atoms with E-state index in [0.29, 0.717) is 44.6 Å². The van der Waals surface area contributed by atoms with E-state index in [-0.39, 0.29) is 12.1 Å². The van der Waals surface area contributed by atoms with Gasteiger partial charge >= 0.3 is 12.1 Å². The molecule has 1 aliphatic carbocycles. The molecule has 3 rings (SSSR count). The van der Waals surface area contributed by atoms with Crippen LogP contribution in [0.15, 0.2) is 18.5 Å². The van der Waals surface area contributed by atoms with E-state index in [1.165, 1.54) is 5.56 Å². The van der Waals surface area contributed by atoms with Gasteiger partial charge in [-0.1, -0.05) is 0 Å². The molecule has 2 atom stereocenters. The largest absolute Gasteiger partial charge is 0.444 e. The molecule has 2 aliphatic rings. The highest BCUT2D eigenvalue weighted by atomic mass is 16.6. The maximum atomic E-state index is 12.4. The smallest absolute Gasteiger partial charge is 0.410 e. The van der Waals surface area contributed by atoms with Crippen LogP contribution in [0.1, 0.15) is 51.7 Å². The normalized spacial score (nSPS) is 20.5. The van der Waals surface area contributed by atoms with Gasteiger partial charge in [0.25, 0.3) is 0 Å². The van der Waals surface area contributed by atoms with E-state index >= 15 is 0 Å². The van der Waals surface area contributed by atoms with Crippen molar-refractivity contribution in [2.75, 3.05) is 19.6 Å². The van der Waals surface area contributed by atoms with Crippen LogP contribution in [0.2, 0.25) is 0 Å². The molecule has 7 nitrogen and oxygen atoms in total. The number of aromatic nitrogens is 1. The van der Waals surface area contributed by atoms with Crippen LogP contribution in [0.3, 0.4) is 0 Å². The molecule has 1 aliphatic heterocycles. The minimum Gasteiger partial charge on any atom is -0.444 e. The first-order valence-electron chi connectivity index (χ1n) is 10.2. The molecule has 1 saturated carbocycles. The van der Waals surface area contributed by atoms with Crippen LogP contribution in [0.25, 0.3) is 0 Å². The zero-order valence-electron chi connectivity index (χ0n) is 17.4. The summed E-state index contributed by atoms with van der Waals surface area (Å²) in [6.07, 6.45) is 5.42. The second-order valence-corrected chi connectivity index (χ2v) is 8.79. The summed E-state index contributed by atoms with van der Waals surface area (Å²) in [6.45, 7) is 11.0. The van der Waals surface area contributed by atoms with Gasteiger partial charge in [0.15, 0.2) is 0 Å². The molecule has 1 fully saturated rings. The summed E-state index contributed by atoms with van der Waals surface area (Å²) >= 11 is 0. The second kappa shape index (κ2) is 8.37. The van der Waals surface area contributed by atoms with Crippen LogP contribution in [0, 0.1) is 11.8 Å². The molecule has 1 aromatic heterocycles. The third-order valence-electron chi connectivity index (χ3n) is 5.40. The van der Waals surface area contributed by atoms with Gasteiger partial charge in [0.2, 0.25) is 0 Å². The molecule has 28 heavy (non-hydrogen) atoms. The topological polar surface area (TPSA) is 74.8 Å². The Bertz CT molecular complexity index is 691. The Morgan fingerprint density at radius 3 is 2.71 bits per heavy atom. The van der Waals surface area contributed by atoms with Crippen molar-refractivity contribution in [2.45, 2.75) is 59.2 Å². The lowest BCUT2D eigenvalue weighted by Gasteiger charge is -2.26. The molecule has 0 bridgehead atoms. The summed E-state index contributed by atoms with van der Waals surface area (Å²) in [5.41, 5.74) is 1.84. The van der Waals surface area contributed by atoms with E-state index < -0.39 is 5.60 Å². The minimum atomic E-state index is -0.470. The first kappa shape index (κ1) is 20.4. The van der Waals surface area contributed by atoms with Gasteiger partial charge in [0, 0.05) is 45.1 Å². The van der Waals surface area contributed by atoms with Crippen molar-refractivity contribution in [3.63, 3.8) is 0 Å². The van der Waals surface area contributed by atoms with Crippen LogP contribution in [0.4, 0.5) is 9.59 Å². The SMILES string of the molecule is CCN(CCC1CC1CNC(=O)N1Cc2ccncc2C1)C(=O)OC(C)(C)C. The molecule has 7 heteroatoms. The first-order valence-corrected chi connectivity index (χ1v) is 10.2. The van der Waals surface area contributed by atoms with Gasteiger partial charge in [-0.2, -0.15) is 0 Å². The van der Waals surface area contributed by atoms with E-state index in [9.17, 15) is 9.59 Å². The van der Waals surface area contributed by atoms with E-state index in [0.717, 1.165) is 18.4 Å². The van der Waals surface area contributed by atoms with Gasteiger partial charge in [0.1, 0.15) is 5.60 Å². The fraction of sp³-hybridized carbons (Fsp3) is 0.667. The van der Waals surface area contributed by atoms with Crippen molar-refractivity contribution in [2.24, 2.45) is 11.8 Å². The fourth-order valence-electron chi connectivity index (χ4n) is 3.63. The Hall–Kier alpha value is -2.31. The quantitative estimate of drug-likeness (QED) is 0.811. The Labute approximate surface area is 167 Å². The Morgan fingerprint density at radius 2 is 2.04 bits per heavy atom. The molecular formula is C21H32N4O3. The molecule has 1 aromatic rings. The van der Waals surface area contributed by atoms with Crippen molar-refractivity contribution < 1.29 is 14.3 Å². The number of pyridine rings is 1. The maximum absolute atomic E-state index is 12.4. The van der Waals surface area contributed by atoms with Gasteiger partial charge in [-0.3, -0.25) is 4.98 Å². The lowest BCUT2D eigenvalue weighted by atomic mass is 10.2. The van der Waals surface area contributed by atoms with Gasteiger partial charge in [-0.15, -0.1) is 0 Å². The minimum absolute atomic E-state index is 0.00853. The number of amides is 3. The molecule has 0 aromatic carbocycles. The van der Waals surface area contributed by atoms with E-state index in [2.05, 4.69) is 10.3 Å². The molecule has 154 valence electrons. The summed E-state index contributed by atoms with van der Waals surface area (Å²) in [4.78, 5) is 32.3. The highest BCUT2D eigenvalue weighted by Crippen LogP contribution is 2.40. The molecular weight excluding hydrogens is 356 g/mol. The second-order valence-electron chi connectivity index (χ2n) is 8.79. The monoisotopic (exact) mass is 388 g/mol. The average molecular weight is 389 g/mol. The van der Waals surface area contributed by atoms with Gasteiger partial charge in [-0.05, 0) is 69.6 Å². The van der Waals surface area contributed by atoms with Crippen molar-refractivity contribution >= 4 is 12.1 Å². The predicted molar refractivity (Wildman–Crippen MR) is 107 cm³/mol. The number of fused-ring (bicyclic) bond motifs is 1. The van der Waals surface area contributed by atoms with Crippen molar-refractivity contribution in [1.82, 2.24) is 20.1 Å². The summed E-state index contributed by atoms with van der Waals surface area (Å²) in [5.74, 6) is 1.07. The van der Waals surface area contributed by atoms with E-state index in [1.54, 1.807) is 11.1 Å². The molecule has 2 unspecified atom stereocenters. The van der Waals surface area contributed by atoms with Crippen molar-refractivity contribution in [3.8, 4) is 0 Å². The average Bonchev–Trinajstić information content (AvgIpc) is 3.23. The number of carbonyl (C=O) groups is 2. The van der Waals surface area contributed by atoms with Crippen LogP contribution >= 0.6 is 0 Å². The number of carbonyl (C=O) groups excluding carboxylic acids is 2. The van der Waals surface area contributed by atoms with Crippen molar-refractivity contribution in [3.05, 3.63) is 29.6 Å². The zero-order chi connectivity index (χ0) is 20.3. The van der Waals surface area contributed by atoms with Gasteiger partial charge in [0.05, 0.1) is 0 Å². The third-order valence-corrected chi connectivity index (χ3v) is 5.40. The van der Waals surface area contributed by atoms with Crippen LogP contribution < -0.4 is 5.32 Å². The maximum Gasteiger partial charge on any atom is 0.410 e. The first-order chi connectivity index (χ1) is 13.3. The predicted octanol–water partition coefficient (Wildman–Crippen LogP) is 3.39. The highest BCUT2D eigenvalue weighted by molar-refractivity contribution is 5.75. The standard InChI is InChI=1S/C21H32N4O3/c1-5-24(20(27)28-21(2,3)4)9-7-15-10-17(15)12-23-19(26)25-13-16-6-8-22-11-18(16)14-25/h6,8,11,15,17H,5,7,9-10,12-14H2,1-4H3,(H,23,26). The summed E-state index contributed by atoms with van der Waals surface area (Å²) in [5, 5.41) is 3.07. The number of hydrogen-bond acceptors (Lipinski definition) is 4. The third kappa shape index (κ3) is 5.36. The lowest BCUT2D eigenvalue weighted by Crippen LogP contribution is -2.38. The number of hydrogen-bond donors (Lipinski definition) is 1. The van der Waals surface area contributed by atoms with Crippen LogP contribution in [0.5, 0.6) is 0 Å². The number of rotatable bonds is 6. The molecule has 0 saturated heterocycles. The molecule has 3 amide bonds. The zero-order valence-corrected chi connectivity index (χ0v) is 17.4. The van der Waals surface area contributed by atoms with Crippen LogP contribution in [-0.2, 0) is 17.8 Å². The Morgan fingerprint density at radius 1 is 1.29 bits per heavy atom. The summed E-state index contributed by atoms with van der Waals surface area (Å²) in [6, 6.07) is 1.97. The summed E-state index contributed by atoms with van der Waals surface area (Å²) < 4.78 is 5.45. The molecule has 2 heterocycles. The molecule has 0 spiro atoms. The fourth-order valence-corrected chi connectivity index (χ4v) is 3.63. The van der Waals surface area contributed by atoms with Gasteiger partial charge in [-0.25, -0.2) is 9.59 Å². The number of nitrogens with one attached hydrogen (secondary N) is 1. The Balaban J connectivity index is 1.35. The Kier molecular flexibility index (Phi) is 6.10. The molecule has 0 radical (unpaired) electrons. The van der Waals surface area contributed by atoms with Crippen molar-refractivity contribution in [1.29, 1.82) is 0 Å². The van der Waals surface area contributed by atoms with E-state index in [1.807, 2.05) is 44.9 Å².